The fraction of sp³-hybridized carbons (Fsp3) is 0.700. The average molecular weight is 228 g/mol. The van der Waals surface area contributed by atoms with Crippen molar-refractivity contribution in [1.29, 1.82) is 0 Å². The first kappa shape index (κ1) is 12.5. The van der Waals surface area contributed by atoms with E-state index in [9.17, 15) is 14.4 Å². The Morgan fingerprint density at radius 2 is 2.31 bits per heavy atom. The van der Waals surface area contributed by atoms with Crippen LogP contribution in [0, 0.1) is 0 Å². The zero-order chi connectivity index (χ0) is 12.1. The minimum Gasteiger partial charge on any atom is -0.480 e. The van der Waals surface area contributed by atoms with Crippen molar-refractivity contribution < 1.29 is 19.5 Å². The normalized spacial score (nSPS) is 21.3. The molecule has 0 aliphatic carbocycles. The zero-order valence-electron chi connectivity index (χ0n) is 9.16. The molecule has 0 aromatic heterocycles. The highest BCUT2D eigenvalue weighted by molar-refractivity contribution is 5.92. The molecule has 0 bridgehead atoms. The molecule has 0 aromatic carbocycles. The van der Waals surface area contributed by atoms with Crippen LogP contribution in [0.3, 0.4) is 0 Å². The van der Waals surface area contributed by atoms with Crippen LogP contribution in [0.5, 0.6) is 0 Å². The Bertz CT molecular complexity index is 303. The largest absolute Gasteiger partial charge is 0.480 e. The third-order valence-corrected chi connectivity index (χ3v) is 2.50. The molecule has 1 aliphatic heterocycles. The molecule has 16 heavy (non-hydrogen) atoms. The lowest BCUT2D eigenvalue weighted by Gasteiger charge is -2.16. The number of carboxylic acid groups (broad SMARTS) is 1. The third-order valence-electron chi connectivity index (χ3n) is 2.50. The van der Waals surface area contributed by atoms with E-state index >= 15 is 0 Å². The van der Waals surface area contributed by atoms with Crippen molar-refractivity contribution >= 4 is 17.8 Å². The predicted molar refractivity (Wildman–Crippen MR) is 55.6 cm³/mol. The maximum Gasteiger partial charge on any atom is 0.326 e. The van der Waals surface area contributed by atoms with Crippen LogP contribution in [0.15, 0.2) is 0 Å². The Labute approximate surface area is 93.4 Å². The summed E-state index contributed by atoms with van der Waals surface area (Å²) in [7, 11) is 0. The maximum absolute atomic E-state index is 11.6. The van der Waals surface area contributed by atoms with Gasteiger partial charge >= 0.3 is 5.97 Å². The Hall–Kier alpha value is -1.59. The number of carbonyl (C=O) groups excluding carboxylic acids is 2. The molecule has 0 aromatic rings. The summed E-state index contributed by atoms with van der Waals surface area (Å²) in [5.41, 5.74) is 0. The zero-order valence-corrected chi connectivity index (χ0v) is 9.16. The van der Waals surface area contributed by atoms with E-state index in [2.05, 4.69) is 10.6 Å². The van der Waals surface area contributed by atoms with Gasteiger partial charge in [-0.2, -0.15) is 0 Å². The number of amides is 2. The van der Waals surface area contributed by atoms with E-state index in [4.69, 9.17) is 5.11 Å². The molecule has 2 amide bonds. The predicted octanol–water partition coefficient (Wildman–Crippen LogP) is -0.365. The van der Waals surface area contributed by atoms with Gasteiger partial charge in [-0.1, -0.05) is 13.3 Å². The summed E-state index contributed by atoms with van der Waals surface area (Å²) in [6.45, 7) is 1.85. The highest BCUT2D eigenvalue weighted by atomic mass is 16.4. The number of nitrogens with one attached hydrogen (secondary N) is 2. The number of carbonyl (C=O) groups is 3. The second kappa shape index (κ2) is 5.48. The highest BCUT2D eigenvalue weighted by Gasteiger charge is 2.29. The van der Waals surface area contributed by atoms with Crippen LogP contribution in [-0.2, 0) is 14.4 Å². The SMILES string of the molecule is CCC[C@H](NC(=O)C1CCC(=O)N1)C(=O)O. The van der Waals surface area contributed by atoms with Crippen molar-refractivity contribution in [2.45, 2.75) is 44.7 Å². The van der Waals surface area contributed by atoms with Crippen molar-refractivity contribution in [2.75, 3.05) is 0 Å². The van der Waals surface area contributed by atoms with Crippen molar-refractivity contribution in [3.8, 4) is 0 Å². The average Bonchev–Trinajstić information content (AvgIpc) is 2.64. The molecule has 90 valence electrons. The molecule has 1 unspecified atom stereocenters. The molecule has 2 atom stereocenters. The van der Waals surface area contributed by atoms with Crippen molar-refractivity contribution in [1.82, 2.24) is 10.6 Å². The smallest absolute Gasteiger partial charge is 0.326 e. The van der Waals surface area contributed by atoms with Gasteiger partial charge in [-0.25, -0.2) is 4.79 Å². The number of aliphatic carboxylic acids is 1. The molecule has 0 saturated carbocycles. The van der Waals surface area contributed by atoms with E-state index in [1.165, 1.54) is 0 Å². The van der Waals surface area contributed by atoms with E-state index in [1.807, 2.05) is 6.92 Å². The fourth-order valence-electron chi connectivity index (χ4n) is 1.63. The summed E-state index contributed by atoms with van der Waals surface area (Å²) in [6, 6.07) is -1.44. The Kier molecular flexibility index (Phi) is 4.28. The van der Waals surface area contributed by atoms with Gasteiger partial charge in [0.2, 0.25) is 11.8 Å². The highest BCUT2D eigenvalue weighted by Crippen LogP contribution is 2.07. The summed E-state index contributed by atoms with van der Waals surface area (Å²) in [4.78, 5) is 33.3. The van der Waals surface area contributed by atoms with Gasteiger partial charge in [-0.15, -0.1) is 0 Å². The van der Waals surface area contributed by atoms with Crippen molar-refractivity contribution in [2.24, 2.45) is 0 Å². The van der Waals surface area contributed by atoms with Gasteiger partial charge in [0.05, 0.1) is 0 Å². The van der Waals surface area contributed by atoms with Gasteiger partial charge < -0.3 is 15.7 Å². The van der Waals surface area contributed by atoms with Crippen LogP contribution in [0.4, 0.5) is 0 Å². The molecule has 6 heteroatoms. The molecule has 3 N–H and O–H groups in total. The summed E-state index contributed by atoms with van der Waals surface area (Å²) in [5.74, 6) is -1.62. The van der Waals surface area contributed by atoms with Crippen LogP contribution >= 0.6 is 0 Å². The van der Waals surface area contributed by atoms with Gasteiger partial charge in [-0.3, -0.25) is 9.59 Å². The minimum atomic E-state index is -1.04. The topological polar surface area (TPSA) is 95.5 Å². The van der Waals surface area contributed by atoms with Gasteiger partial charge in [0, 0.05) is 6.42 Å². The lowest BCUT2D eigenvalue weighted by atomic mass is 10.1. The Balaban J connectivity index is 2.48. The second-order valence-corrected chi connectivity index (χ2v) is 3.85. The van der Waals surface area contributed by atoms with Crippen LogP contribution < -0.4 is 10.6 Å². The summed E-state index contributed by atoms with van der Waals surface area (Å²) in [6.07, 6.45) is 1.82. The Morgan fingerprint density at radius 1 is 1.62 bits per heavy atom. The first-order chi connectivity index (χ1) is 7.54. The summed E-state index contributed by atoms with van der Waals surface area (Å²) in [5, 5.41) is 13.8. The van der Waals surface area contributed by atoms with E-state index in [0.717, 1.165) is 0 Å². The molecule has 1 saturated heterocycles. The van der Waals surface area contributed by atoms with Crippen LogP contribution in [-0.4, -0.2) is 35.0 Å². The van der Waals surface area contributed by atoms with Crippen LogP contribution in [0.1, 0.15) is 32.6 Å². The van der Waals surface area contributed by atoms with E-state index in [0.29, 0.717) is 25.7 Å². The van der Waals surface area contributed by atoms with Crippen LogP contribution in [0.25, 0.3) is 0 Å². The lowest BCUT2D eigenvalue weighted by molar-refractivity contribution is -0.142. The fourth-order valence-corrected chi connectivity index (χ4v) is 1.63. The van der Waals surface area contributed by atoms with Gasteiger partial charge in [-0.05, 0) is 12.8 Å². The first-order valence-corrected chi connectivity index (χ1v) is 5.37. The maximum atomic E-state index is 11.6. The van der Waals surface area contributed by atoms with Gasteiger partial charge in [0.25, 0.3) is 0 Å². The lowest BCUT2D eigenvalue weighted by Crippen LogP contribution is -2.48. The first-order valence-electron chi connectivity index (χ1n) is 5.37. The molecule has 6 nitrogen and oxygen atoms in total. The second-order valence-electron chi connectivity index (χ2n) is 3.85. The third kappa shape index (κ3) is 3.22. The number of hydrogen-bond acceptors (Lipinski definition) is 3. The number of hydrogen-bond donors (Lipinski definition) is 3. The van der Waals surface area contributed by atoms with Crippen molar-refractivity contribution in [3.05, 3.63) is 0 Å². The van der Waals surface area contributed by atoms with Gasteiger partial charge in [0.1, 0.15) is 12.1 Å². The molecule has 1 aliphatic rings. The summed E-state index contributed by atoms with van der Waals surface area (Å²) >= 11 is 0. The molecule has 0 radical (unpaired) electrons. The standard InChI is InChI=1S/C10H16N2O4/c1-2-3-7(10(15)16)12-9(14)6-4-5-8(13)11-6/h6-7H,2-5H2,1H3,(H,11,13)(H,12,14)(H,15,16)/t6?,7-/m0/s1. The number of rotatable bonds is 5. The molecule has 1 rings (SSSR count). The summed E-state index contributed by atoms with van der Waals surface area (Å²) < 4.78 is 0. The van der Waals surface area contributed by atoms with E-state index in [1.54, 1.807) is 0 Å². The molecule has 1 fully saturated rings. The van der Waals surface area contributed by atoms with Gasteiger partial charge in [0.15, 0.2) is 0 Å². The molecule has 0 spiro atoms. The molecule has 1 heterocycles. The molecular weight excluding hydrogens is 212 g/mol. The number of carboxylic acids is 1. The van der Waals surface area contributed by atoms with Crippen molar-refractivity contribution in [3.63, 3.8) is 0 Å². The van der Waals surface area contributed by atoms with E-state index in [-0.39, 0.29) is 5.91 Å². The minimum absolute atomic E-state index is 0.164. The monoisotopic (exact) mass is 228 g/mol. The quantitative estimate of drug-likeness (QED) is 0.598. The van der Waals surface area contributed by atoms with E-state index < -0.39 is 24.0 Å². The Morgan fingerprint density at radius 3 is 2.75 bits per heavy atom. The van der Waals surface area contributed by atoms with Crippen LogP contribution in [0.2, 0.25) is 0 Å². The molecular formula is C10H16N2O4.